The predicted octanol–water partition coefficient (Wildman–Crippen LogP) is 5.46. The van der Waals surface area contributed by atoms with Crippen LogP contribution in [0, 0.1) is 5.82 Å². The molecule has 29 heavy (non-hydrogen) atoms. The van der Waals surface area contributed by atoms with E-state index in [2.05, 4.69) is 0 Å². The quantitative estimate of drug-likeness (QED) is 0.614. The number of carboxylic acid groups (broad SMARTS) is 1. The fourth-order valence-electron chi connectivity index (χ4n) is 3.62. The lowest BCUT2D eigenvalue weighted by atomic mass is 10.0. The predicted molar refractivity (Wildman–Crippen MR) is 96.2 cm³/mol. The van der Waals surface area contributed by atoms with Crippen molar-refractivity contribution in [2.45, 2.75) is 44.6 Å². The van der Waals surface area contributed by atoms with E-state index in [1.807, 2.05) is 0 Å². The van der Waals surface area contributed by atoms with Crippen LogP contribution in [0.5, 0.6) is 5.75 Å². The van der Waals surface area contributed by atoms with Crippen LogP contribution in [-0.4, -0.2) is 17.7 Å². The summed E-state index contributed by atoms with van der Waals surface area (Å²) in [5, 5.41) is 9.00. The number of fused-ring (bicyclic) bond motifs is 1. The highest BCUT2D eigenvalue weighted by Crippen LogP contribution is 2.43. The van der Waals surface area contributed by atoms with Crippen molar-refractivity contribution in [3.05, 3.63) is 64.5 Å². The van der Waals surface area contributed by atoms with Crippen LogP contribution in [0.2, 0.25) is 0 Å². The second kappa shape index (κ2) is 8.41. The summed E-state index contributed by atoms with van der Waals surface area (Å²) in [5.41, 5.74) is -0.280. The number of benzene rings is 2. The minimum atomic E-state index is -4.76. The highest BCUT2D eigenvalue weighted by Gasteiger charge is 2.40. The Labute approximate surface area is 165 Å². The van der Waals surface area contributed by atoms with Crippen molar-refractivity contribution in [3.8, 4) is 5.75 Å². The van der Waals surface area contributed by atoms with E-state index in [1.54, 1.807) is 31.2 Å². The summed E-state index contributed by atoms with van der Waals surface area (Å²) < 4.78 is 64.6. The van der Waals surface area contributed by atoms with E-state index < -0.39 is 35.7 Å². The zero-order valence-corrected chi connectivity index (χ0v) is 15.6. The van der Waals surface area contributed by atoms with Crippen molar-refractivity contribution in [2.24, 2.45) is 0 Å². The van der Waals surface area contributed by atoms with Crippen molar-refractivity contribution >= 4 is 5.97 Å². The van der Waals surface area contributed by atoms with Gasteiger partial charge < -0.3 is 14.6 Å². The van der Waals surface area contributed by atoms with Crippen molar-refractivity contribution < 1.29 is 36.9 Å². The van der Waals surface area contributed by atoms with Crippen LogP contribution in [0.25, 0.3) is 0 Å². The third kappa shape index (κ3) is 4.70. The van der Waals surface area contributed by atoms with Gasteiger partial charge in [-0.1, -0.05) is 18.2 Å². The Morgan fingerprint density at radius 3 is 2.48 bits per heavy atom. The van der Waals surface area contributed by atoms with E-state index in [1.165, 1.54) is 6.07 Å². The van der Waals surface area contributed by atoms with Crippen molar-refractivity contribution in [2.75, 3.05) is 6.61 Å². The molecule has 0 amide bonds. The lowest BCUT2D eigenvalue weighted by Gasteiger charge is -2.18. The molecule has 1 aliphatic carbocycles. The molecule has 4 nitrogen and oxygen atoms in total. The molecule has 0 unspecified atom stereocenters. The summed E-state index contributed by atoms with van der Waals surface area (Å²) in [6, 6.07) is 8.74. The van der Waals surface area contributed by atoms with Crippen LogP contribution in [-0.2, 0) is 22.1 Å². The number of carboxylic acids is 1. The highest BCUT2D eigenvalue weighted by atomic mass is 19.4. The van der Waals surface area contributed by atoms with E-state index in [-0.39, 0.29) is 18.4 Å². The molecule has 0 saturated heterocycles. The topological polar surface area (TPSA) is 55.8 Å². The summed E-state index contributed by atoms with van der Waals surface area (Å²) in [6.07, 6.45) is -5.77. The average molecular weight is 412 g/mol. The molecule has 156 valence electrons. The van der Waals surface area contributed by atoms with Gasteiger partial charge >= 0.3 is 12.1 Å². The molecule has 1 aliphatic rings. The number of halogens is 4. The maximum atomic E-state index is 13.8. The first-order valence-electron chi connectivity index (χ1n) is 9.19. The van der Waals surface area contributed by atoms with Crippen LogP contribution in [0.4, 0.5) is 17.6 Å². The Morgan fingerprint density at radius 2 is 1.90 bits per heavy atom. The van der Waals surface area contributed by atoms with Crippen molar-refractivity contribution in [3.63, 3.8) is 0 Å². The maximum Gasteiger partial charge on any atom is 0.419 e. The first-order chi connectivity index (χ1) is 13.7. The largest absolute Gasteiger partial charge is 0.486 e. The van der Waals surface area contributed by atoms with Gasteiger partial charge in [0.05, 0.1) is 18.1 Å². The lowest BCUT2D eigenvalue weighted by Crippen LogP contribution is -2.13. The van der Waals surface area contributed by atoms with Gasteiger partial charge in [0, 0.05) is 6.61 Å². The SMILES string of the molecule is CCO[C@@H](CC(=O)O)c1ccc(O[C@@H]2CCc3c2ccc(F)c3C(F)(F)F)cc1. The van der Waals surface area contributed by atoms with Gasteiger partial charge in [-0.2, -0.15) is 13.2 Å². The van der Waals surface area contributed by atoms with Gasteiger partial charge in [-0.15, -0.1) is 0 Å². The molecule has 0 aliphatic heterocycles. The molecular weight excluding hydrogens is 392 g/mol. The highest BCUT2D eigenvalue weighted by molar-refractivity contribution is 5.67. The van der Waals surface area contributed by atoms with Gasteiger partial charge in [-0.05, 0) is 54.7 Å². The molecule has 0 bridgehead atoms. The number of carbonyl (C=O) groups is 1. The first-order valence-corrected chi connectivity index (χ1v) is 9.19. The minimum Gasteiger partial charge on any atom is -0.486 e. The summed E-state index contributed by atoms with van der Waals surface area (Å²) in [6.45, 7) is 2.12. The Bertz CT molecular complexity index is 877. The smallest absolute Gasteiger partial charge is 0.419 e. The molecule has 0 aromatic heterocycles. The number of hydrogen-bond donors (Lipinski definition) is 1. The zero-order chi connectivity index (χ0) is 21.2. The van der Waals surface area contributed by atoms with Gasteiger partial charge in [-0.25, -0.2) is 4.39 Å². The molecule has 2 aromatic carbocycles. The van der Waals surface area contributed by atoms with Gasteiger partial charge in [0.2, 0.25) is 0 Å². The van der Waals surface area contributed by atoms with Crippen LogP contribution < -0.4 is 4.74 Å². The number of ether oxygens (including phenoxy) is 2. The standard InChI is InChI=1S/C21H20F4O4/c1-2-28-18(11-19(26)27)12-3-5-13(6-4-12)29-17-10-8-15-14(17)7-9-16(22)20(15)21(23,24)25/h3-7,9,17-18H,2,8,10-11H2,1H3,(H,26,27)/t17-,18+/m1/s1. The van der Waals surface area contributed by atoms with E-state index >= 15 is 0 Å². The Morgan fingerprint density at radius 1 is 1.21 bits per heavy atom. The third-order valence-electron chi connectivity index (χ3n) is 4.84. The Balaban J connectivity index is 1.79. The monoisotopic (exact) mass is 412 g/mol. The van der Waals surface area contributed by atoms with Crippen molar-refractivity contribution in [1.29, 1.82) is 0 Å². The maximum absolute atomic E-state index is 13.8. The molecule has 0 saturated carbocycles. The van der Waals surface area contributed by atoms with Gasteiger partial charge in [0.25, 0.3) is 0 Å². The summed E-state index contributed by atoms with van der Waals surface area (Å²) in [4.78, 5) is 11.0. The van der Waals surface area contributed by atoms with Crippen LogP contribution in [0.15, 0.2) is 36.4 Å². The Kier molecular flexibility index (Phi) is 6.12. The summed E-state index contributed by atoms with van der Waals surface area (Å²) in [5.74, 6) is -1.84. The normalized spacial score (nSPS) is 17.1. The molecular formula is C21H20F4O4. The lowest BCUT2D eigenvalue weighted by molar-refractivity contribution is -0.141. The van der Waals surface area contributed by atoms with Crippen LogP contribution in [0.1, 0.15) is 54.2 Å². The van der Waals surface area contributed by atoms with Crippen LogP contribution in [0.3, 0.4) is 0 Å². The summed E-state index contributed by atoms with van der Waals surface area (Å²) >= 11 is 0. The number of hydrogen-bond acceptors (Lipinski definition) is 3. The van der Waals surface area contributed by atoms with Gasteiger partial charge in [-0.3, -0.25) is 4.79 Å². The molecule has 3 rings (SSSR count). The second-order valence-corrected chi connectivity index (χ2v) is 6.74. The second-order valence-electron chi connectivity index (χ2n) is 6.74. The molecule has 0 radical (unpaired) electrons. The number of aliphatic carboxylic acids is 1. The summed E-state index contributed by atoms with van der Waals surface area (Å²) in [7, 11) is 0. The van der Waals surface area contributed by atoms with Crippen molar-refractivity contribution in [1.82, 2.24) is 0 Å². The Hall–Kier alpha value is -2.61. The molecule has 2 atom stereocenters. The van der Waals surface area contributed by atoms with Gasteiger partial charge in [0.1, 0.15) is 17.7 Å². The average Bonchev–Trinajstić information content (AvgIpc) is 3.03. The molecule has 0 spiro atoms. The van der Waals surface area contributed by atoms with E-state index in [0.29, 0.717) is 29.9 Å². The minimum absolute atomic E-state index is 0.0583. The van der Waals surface area contributed by atoms with Gasteiger partial charge in [0.15, 0.2) is 0 Å². The van der Waals surface area contributed by atoms with Crippen LogP contribution >= 0.6 is 0 Å². The van der Waals surface area contributed by atoms with E-state index in [0.717, 1.165) is 6.07 Å². The number of rotatable bonds is 7. The molecule has 0 heterocycles. The number of alkyl halides is 3. The molecule has 2 aromatic rings. The van der Waals surface area contributed by atoms with E-state index in [9.17, 15) is 22.4 Å². The first kappa shape index (κ1) is 21.1. The fraction of sp³-hybridized carbons (Fsp3) is 0.381. The fourth-order valence-corrected chi connectivity index (χ4v) is 3.62. The molecule has 8 heteroatoms. The molecule has 1 N–H and O–H groups in total. The third-order valence-corrected chi connectivity index (χ3v) is 4.84. The van der Waals surface area contributed by atoms with E-state index in [4.69, 9.17) is 14.6 Å². The molecule has 0 fully saturated rings. The zero-order valence-electron chi connectivity index (χ0n) is 15.6.